The molecule has 0 N–H and O–H groups in total. The van der Waals surface area contributed by atoms with Crippen LogP contribution in [0.1, 0.15) is 0 Å². The first-order valence-electron chi connectivity index (χ1n) is 5.81. The number of hydrogen-bond acceptors (Lipinski definition) is 3. The summed E-state index contributed by atoms with van der Waals surface area (Å²) in [5, 5.41) is 0. The fourth-order valence-corrected chi connectivity index (χ4v) is 2.00. The summed E-state index contributed by atoms with van der Waals surface area (Å²) in [6.45, 7) is 0. The number of nitrogens with zero attached hydrogens (tertiary/aromatic N) is 1. The molecule has 0 amide bonds. The fourth-order valence-electron chi connectivity index (χ4n) is 1.76. The Bertz CT molecular complexity index is 490. The van der Waals surface area contributed by atoms with Gasteiger partial charge in [0.2, 0.25) is 0 Å². The Morgan fingerprint density at radius 3 is 1.42 bits per heavy atom. The molecule has 0 bridgehead atoms. The maximum absolute atomic E-state index is 5.15. The predicted molar refractivity (Wildman–Crippen MR) is 81.8 cm³/mol. The van der Waals surface area contributed by atoms with Crippen molar-refractivity contribution in [2.75, 3.05) is 19.1 Å². The van der Waals surface area contributed by atoms with E-state index in [1.54, 1.807) is 19.7 Å². The van der Waals surface area contributed by atoms with Gasteiger partial charge in [-0.15, -0.1) is 0 Å². The van der Waals surface area contributed by atoms with Crippen LogP contribution in [0.4, 0.5) is 11.4 Å². The molecule has 0 aliphatic rings. The van der Waals surface area contributed by atoms with E-state index in [-0.39, 0.29) is 0 Å². The number of rotatable bonds is 5. The Morgan fingerprint density at radius 1 is 0.789 bits per heavy atom. The fraction of sp³-hybridized carbons (Fsp3) is 0.133. The molecule has 98 valence electrons. The first kappa shape index (κ1) is 13.4. The van der Waals surface area contributed by atoms with E-state index in [0.29, 0.717) is 0 Å². The predicted octanol–water partition coefficient (Wildman–Crippen LogP) is 3.80. The minimum absolute atomic E-state index is 0.822. The van der Waals surface area contributed by atoms with Crippen molar-refractivity contribution in [1.29, 1.82) is 0 Å². The summed E-state index contributed by atoms with van der Waals surface area (Å²) in [5.74, 6) is 1.64. The monoisotopic (exact) mass is 273 g/mol. The maximum Gasteiger partial charge on any atom is 0.119 e. The lowest BCUT2D eigenvalue weighted by Crippen LogP contribution is -2.12. The van der Waals surface area contributed by atoms with Gasteiger partial charge in [-0.1, -0.05) is 12.2 Å². The summed E-state index contributed by atoms with van der Waals surface area (Å²) in [6.07, 6.45) is 0. The highest BCUT2D eigenvalue weighted by molar-refractivity contribution is 7.79. The molecule has 0 saturated carbocycles. The molecule has 0 aliphatic heterocycles. The molecule has 0 heterocycles. The van der Waals surface area contributed by atoms with Gasteiger partial charge in [0.05, 0.1) is 19.7 Å². The first-order chi connectivity index (χ1) is 9.28. The Labute approximate surface area is 118 Å². The van der Waals surface area contributed by atoms with Gasteiger partial charge in [-0.25, -0.2) is 0 Å². The number of benzene rings is 2. The number of anilines is 2. The van der Waals surface area contributed by atoms with Crippen LogP contribution in [-0.4, -0.2) is 19.7 Å². The number of hydrogen-bond donors (Lipinski definition) is 0. The van der Waals surface area contributed by atoms with E-state index < -0.39 is 0 Å². The minimum Gasteiger partial charge on any atom is -0.497 e. The van der Waals surface area contributed by atoms with E-state index in [9.17, 15) is 0 Å². The van der Waals surface area contributed by atoms with Crippen molar-refractivity contribution >= 4 is 29.1 Å². The van der Waals surface area contributed by atoms with Crippen molar-refractivity contribution in [3.63, 3.8) is 0 Å². The van der Waals surface area contributed by atoms with Crippen LogP contribution < -0.4 is 14.4 Å². The highest BCUT2D eigenvalue weighted by Gasteiger charge is 2.06. The zero-order valence-corrected chi connectivity index (χ0v) is 11.7. The van der Waals surface area contributed by atoms with Crippen molar-refractivity contribution in [1.82, 2.24) is 0 Å². The van der Waals surface area contributed by atoms with Crippen LogP contribution in [0, 0.1) is 0 Å². The van der Waals surface area contributed by atoms with Gasteiger partial charge in [-0.2, -0.15) is 0 Å². The molecule has 2 rings (SSSR count). The summed E-state index contributed by atoms with van der Waals surface area (Å²) in [6, 6.07) is 15.5. The summed E-state index contributed by atoms with van der Waals surface area (Å²) >= 11 is 5.10. The topological polar surface area (TPSA) is 21.7 Å². The summed E-state index contributed by atoms with van der Waals surface area (Å²) < 4.78 is 10.3. The van der Waals surface area contributed by atoms with Gasteiger partial charge >= 0.3 is 0 Å². The Hall–Kier alpha value is -2.07. The normalized spacial score (nSPS) is 9.79. The van der Waals surface area contributed by atoms with Gasteiger partial charge < -0.3 is 14.4 Å². The van der Waals surface area contributed by atoms with E-state index in [0.717, 1.165) is 22.9 Å². The Morgan fingerprint density at radius 2 is 1.16 bits per heavy atom. The summed E-state index contributed by atoms with van der Waals surface area (Å²) in [4.78, 5) is 1.92. The maximum atomic E-state index is 5.15. The van der Waals surface area contributed by atoms with E-state index in [1.165, 1.54) is 0 Å². The first-order valence-corrected chi connectivity index (χ1v) is 6.28. The molecular weight excluding hydrogens is 258 g/mol. The van der Waals surface area contributed by atoms with E-state index in [4.69, 9.17) is 21.7 Å². The van der Waals surface area contributed by atoms with Gasteiger partial charge in [0.15, 0.2) is 0 Å². The van der Waals surface area contributed by atoms with Crippen LogP contribution in [0.2, 0.25) is 0 Å². The third kappa shape index (κ3) is 3.03. The van der Waals surface area contributed by atoms with E-state index in [2.05, 4.69) is 0 Å². The summed E-state index contributed by atoms with van der Waals surface area (Å²) in [5.41, 5.74) is 3.59. The molecule has 3 nitrogen and oxygen atoms in total. The lowest BCUT2D eigenvalue weighted by atomic mass is 10.2. The minimum atomic E-state index is 0.822. The molecule has 0 unspecified atom stereocenters. The lowest BCUT2D eigenvalue weighted by Gasteiger charge is -2.19. The van der Waals surface area contributed by atoms with Crippen LogP contribution in [0.3, 0.4) is 0 Å². The molecule has 0 radical (unpaired) electrons. The Balaban J connectivity index is 2.29. The van der Waals surface area contributed by atoms with Crippen LogP contribution in [0.15, 0.2) is 48.5 Å². The average Bonchev–Trinajstić information content (AvgIpc) is 2.49. The molecule has 4 heteroatoms. The van der Waals surface area contributed by atoms with Crippen molar-refractivity contribution in [3.05, 3.63) is 48.5 Å². The van der Waals surface area contributed by atoms with Gasteiger partial charge in [-0.3, -0.25) is 0 Å². The number of thiocarbonyl (C=S) groups is 1. The van der Waals surface area contributed by atoms with Crippen molar-refractivity contribution in [2.24, 2.45) is 0 Å². The average molecular weight is 273 g/mol. The second-order valence-electron chi connectivity index (χ2n) is 3.87. The van der Waals surface area contributed by atoms with Gasteiger partial charge in [0, 0.05) is 11.4 Å². The molecule has 0 saturated heterocycles. The number of ether oxygens (including phenoxy) is 2. The smallest absolute Gasteiger partial charge is 0.119 e. The number of methoxy groups -OCH3 is 2. The van der Waals surface area contributed by atoms with Crippen LogP contribution in [-0.2, 0) is 0 Å². The SMILES string of the molecule is COc1ccc(N(C=S)c2ccc(OC)cc2)cc1. The molecular formula is C15H15NO2S. The van der Waals surface area contributed by atoms with Crippen LogP contribution >= 0.6 is 12.2 Å². The largest absolute Gasteiger partial charge is 0.497 e. The molecule has 0 aliphatic carbocycles. The molecule has 0 fully saturated rings. The highest BCUT2D eigenvalue weighted by atomic mass is 32.1. The molecule has 0 aromatic heterocycles. The molecule has 0 spiro atoms. The quantitative estimate of drug-likeness (QED) is 0.772. The molecule has 0 atom stereocenters. The van der Waals surface area contributed by atoms with E-state index >= 15 is 0 Å². The third-order valence-electron chi connectivity index (χ3n) is 2.81. The molecule has 2 aromatic rings. The van der Waals surface area contributed by atoms with Crippen LogP contribution in [0.5, 0.6) is 11.5 Å². The lowest BCUT2D eigenvalue weighted by molar-refractivity contribution is 0.415. The molecule has 19 heavy (non-hydrogen) atoms. The highest BCUT2D eigenvalue weighted by Crippen LogP contribution is 2.27. The van der Waals surface area contributed by atoms with E-state index in [1.807, 2.05) is 53.4 Å². The zero-order chi connectivity index (χ0) is 13.7. The summed E-state index contributed by atoms with van der Waals surface area (Å²) in [7, 11) is 3.30. The standard InChI is InChI=1S/C15H15NO2S/c1-17-14-7-3-12(4-8-14)16(11-19)13-5-9-15(18-2)10-6-13/h3-11H,1-2H3. The Kier molecular flexibility index (Phi) is 4.36. The molecule has 2 aromatic carbocycles. The van der Waals surface area contributed by atoms with Gasteiger partial charge in [-0.05, 0) is 48.5 Å². The third-order valence-corrected chi connectivity index (χ3v) is 3.02. The second kappa shape index (κ2) is 6.20. The zero-order valence-electron chi connectivity index (χ0n) is 10.9. The van der Waals surface area contributed by atoms with Crippen molar-refractivity contribution in [3.8, 4) is 11.5 Å². The van der Waals surface area contributed by atoms with Crippen LogP contribution in [0.25, 0.3) is 0 Å². The van der Waals surface area contributed by atoms with Crippen molar-refractivity contribution < 1.29 is 9.47 Å². The van der Waals surface area contributed by atoms with Gasteiger partial charge in [0.1, 0.15) is 11.5 Å². The van der Waals surface area contributed by atoms with Gasteiger partial charge in [0.25, 0.3) is 0 Å². The van der Waals surface area contributed by atoms with Crippen molar-refractivity contribution in [2.45, 2.75) is 0 Å². The second-order valence-corrected chi connectivity index (χ2v) is 4.08.